The summed E-state index contributed by atoms with van der Waals surface area (Å²) in [5.74, 6) is 0.718. The van der Waals surface area contributed by atoms with Crippen LogP contribution in [0.2, 0.25) is 0 Å². The molecule has 0 aromatic heterocycles. The van der Waals surface area contributed by atoms with Crippen LogP contribution < -0.4 is 0 Å². The van der Waals surface area contributed by atoms with Crippen molar-refractivity contribution in [3.63, 3.8) is 0 Å². The van der Waals surface area contributed by atoms with Gasteiger partial charge in [-0.3, -0.25) is 4.79 Å². The van der Waals surface area contributed by atoms with E-state index in [0.29, 0.717) is 24.9 Å². The Morgan fingerprint density at radius 2 is 2.04 bits per heavy atom. The summed E-state index contributed by atoms with van der Waals surface area (Å²) < 4.78 is 4.96. The van der Waals surface area contributed by atoms with Gasteiger partial charge in [-0.25, -0.2) is 0 Å². The Morgan fingerprint density at radius 3 is 2.78 bits per heavy atom. The maximum Gasteiger partial charge on any atom is 0.305 e. The number of carbonyl (C=O) groups is 1. The Hall–Kier alpha value is -1.13. The first kappa shape index (κ1) is 22.2. The fraction of sp³-hybridized carbons (Fsp3) is 0.783. The maximum absolute atomic E-state index is 11.4. The van der Waals surface area contributed by atoms with Gasteiger partial charge in [0.15, 0.2) is 0 Å². The molecule has 2 rings (SSSR count). The van der Waals surface area contributed by atoms with Crippen LogP contribution in [0, 0.1) is 17.8 Å². The normalized spacial score (nSPS) is 30.1. The quantitative estimate of drug-likeness (QED) is 0.314. The van der Waals surface area contributed by atoms with Crippen molar-refractivity contribution in [2.24, 2.45) is 17.8 Å². The van der Waals surface area contributed by atoms with Crippen LogP contribution in [0.15, 0.2) is 23.8 Å². The fourth-order valence-electron chi connectivity index (χ4n) is 4.81. The third kappa shape index (κ3) is 6.76. The van der Waals surface area contributed by atoms with Gasteiger partial charge in [0.25, 0.3) is 0 Å². The molecule has 0 unspecified atom stereocenters. The van der Waals surface area contributed by atoms with E-state index < -0.39 is 6.10 Å². The van der Waals surface area contributed by atoms with Crippen LogP contribution in [0.5, 0.6) is 0 Å². The van der Waals surface area contributed by atoms with Gasteiger partial charge in [0.05, 0.1) is 18.8 Å². The first-order valence-corrected chi connectivity index (χ1v) is 10.9. The maximum atomic E-state index is 11.4. The highest BCUT2D eigenvalue weighted by molar-refractivity contribution is 5.69. The van der Waals surface area contributed by atoms with Crippen LogP contribution in [0.1, 0.15) is 78.1 Å². The van der Waals surface area contributed by atoms with Gasteiger partial charge in [-0.2, -0.15) is 0 Å². The number of fused-ring (bicyclic) bond motifs is 1. The number of aliphatic hydroxyl groups excluding tert-OH is 2. The van der Waals surface area contributed by atoms with Gasteiger partial charge in [0, 0.05) is 12.3 Å². The largest absolute Gasteiger partial charge is 0.466 e. The second kappa shape index (κ2) is 11.7. The standard InChI is InChI=1S/C23H38O4/c1-3-5-6-7-8-12-20(24)23-19-15-17(14-18(19)16-21(23)25)11-9-10-13-22(26)27-4-2/h8,11-12,18-21,23-25H,3-7,9-10,13-16H2,1-2H3/b12-8+,17-11+/t18-,19-,20-,21+,23-/m0/s1. The van der Waals surface area contributed by atoms with Crippen LogP contribution in [0.3, 0.4) is 0 Å². The Labute approximate surface area is 164 Å². The number of unbranched alkanes of at least 4 members (excludes halogenated alkanes) is 4. The lowest BCUT2D eigenvalue weighted by molar-refractivity contribution is -0.143. The Balaban J connectivity index is 1.80. The molecule has 5 atom stereocenters. The molecule has 4 nitrogen and oxygen atoms in total. The van der Waals surface area contributed by atoms with E-state index in [-0.39, 0.29) is 18.0 Å². The Bertz CT molecular complexity index is 511. The lowest BCUT2D eigenvalue weighted by Crippen LogP contribution is -2.30. The number of hydrogen-bond acceptors (Lipinski definition) is 4. The molecule has 0 amide bonds. The van der Waals surface area contributed by atoms with Crippen molar-refractivity contribution < 1.29 is 19.7 Å². The molecule has 0 aliphatic heterocycles. The van der Waals surface area contributed by atoms with Crippen molar-refractivity contribution in [2.45, 2.75) is 90.3 Å². The van der Waals surface area contributed by atoms with E-state index in [1.165, 1.54) is 18.4 Å². The summed E-state index contributed by atoms with van der Waals surface area (Å²) in [5, 5.41) is 21.1. The van der Waals surface area contributed by atoms with Gasteiger partial charge < -0.3 is 14.9 Å². The minimum atomic E-state index is -0.542. The lowest BCUT2D eigenvalue weighted by atomic mass is 9.86. The van der Waals surface area contributed by atoms with E-state index in [2.05, 4.69) is 19.1 Å². The number of ether oxygens (including phenoxy) is 1. The van der Waals surface area contributed by atoms with Crippen molar-refractivity contribution in [1.29, 1.82) is 0 Å². The molecular weight excluding hydrogens is 340 g/mol. The zero-order chi connectivity index (χ0) is 19.6. The SMILES string of the molecule is CCCCC/C=C/[C@H](O)[C@@H]1[C@H]2C/C(=C/CCCC(=O)OCC)C[C@H]2C[C@H]1O. The molecule has 2 fully saturated rings. The number of esters is 1. The monoisotopic (exact) mass is 378 g/mol. The van der Waals surface area contributed by atoms with Crippen molar-refractivity contribution in [3.8, 4) is 0 Å². The highest BCUT2D eigenvalue weighted by Gasteiger charge is 2.48. The van der Waals surface area contributed by atoms with Crippen molar-refractivity contribution in [2.75, 3.05) is 6.61 Å². The average molecular weight is 379 g/mol. The molecular formula is C23H38O4. The van der Waals surface area contributed by atoms with Gasteiger partial charge in [-0.15, -0.1) is 0 Å². The predicted molar refractivity (Wildman–Crippen MR) is 108 cm³/mol. The van der Waals surface area contributed by atoms with E-state index in [9.17, 15) is 15.0 Å². The fourth-order valence-corrected chi connectivity index (χ4v) is 4.81. The summed E-state index contributed by atoms with van der Waals surface area (Å²) in [6.45, 7) is 4.47. The van der Waals surface area contributed by atoms with Crippen molar-refractivity contribution in [1.82, 2.24) is 0 Å². The van der Waals surface area contributed by atoms with Crippen LogP contribution in [0.4, 0.5) is 0 Å². The number of carbonyl (C=O) groups excluding carboxylic acids is 1. The van der Waals surface area contributed by atoms with Gasteiger partial charge >= 0.3 is 5.97 Å². The van der Waals surface area contributed by atoms with E-state index in [1.807, 2.05) is 13.0 Å². The molecule has 0 bridgehead atoms. The molecule has 0 spiro atoms. The smallest absolute Gasteiger partial charge is 0.305 e. The molecule has 2 aliphatic rings. The second-order valence-corrected chi connectivity index (χ2v) is 8.19. The minimum Gasteiger partial charge on any atom is -0.466 e. The number of hydrogen-bond donors (Lipinski definition) is 2. The third-order valence-electron chi connectivity index (χ3n) is 6.14. The predicted octanol–water partition coefficient (Wildman–Crippen LogP) is 4.55. The van der Waals surface area contributed by atoms with E-state index >= 15 is 0 Å². The molecule has 27 heavy (non-hydrogen) atoms. The van der Waals surface area contributed by atoms with Crippen molar-refractivity contribution in [3.05, 3.63) is 23.8 Å². The van der Waals surface area contributed by atoms with Crippen LogP contribution >= 0.6 is 0 Å². The summed E-state index contributed by atoms with van der Waals surface area (Å²) in [6.07, 6.45) is 15.0. The lowest BCUT2D eigenvalue weighted by Gasteiger charge is -2.24. The second-order valence-electron chi connectivity index (χ2n) is 8.19. The number of aliphatic hydroxyl groups is 2. The summed E-state index contributed by atoms with van der Waals surface area (Å²) in [7, 11) is 0. The minimum absolute atomic E-state index is 0.0390. The Morgan fingerprint density at radius 1 is 1.22 bits per heavy atom. The molecule has 0 aromatic carbocycles. The number of allylic oxidation sites excluding steroid dienone is 3. The molecule has 0 aromatic rings. The van der Waals surface area contributed by atoms with Crippen molar-refractivity contribution >= 4 is 5.97 Å². The molecule has 0 saturated heterocycles. The van der Waals surface area contributed by atoms with E-state index in [0.717, 1.165) is 44.9 Å². The molecule has 2 aliphatic carbocycles. The zero-order valence-corrected chi connectivity index (χ0v) is 17.1. The molecule has 154 valence electrons. The van der Waals surface area contributed by atoms with Gasteiger partial charge in [0.1, 0.15) is 0 Å². The third-order valence-corrected chi connectivity index (χ3v) is 6.14. The van der Waals surface area contributed by atoms with Gasteiger partial charge in [-0.1, -0.05) is 43.6 Å². The molecule has 4 heteroatoms. The highest BCUT2D eigenvalue weighted by Crippen LogP contribution is 2.51. The first-order valence-electron chi connectivity index (χ1n) is 10.9. The van der Waals surface area contributed by atoms with E-state index in [4.69, 9.17) is 4.74 Å². The van der Waals surface area contributed by atoms with E-state index in [1.54, 1.807) is 0 Å². The highest BCUT2D eigenvalue weighted by atomic mass is 16.5. The van der Waals surface area contributed by atoms with Crippen LogP contribution in [-0.2, 0) is 9.53 Å². The molecule has 2 saturated carbocycles. The summed E-state index contributed by atoms with van der Waals surface area (Å²) in [5.41, 5.74) is 1.44. The Kier molecular flexibility index (Phi) is 9.57. The van der Waals surface area contributed by atoms with Gasteiger partial charge in [-0.05, 0) is 63.7 Å². The molecule has 0 radical (unpaired) electrons. The van der Waals surface area contributed by atoms with Crippen LogP contribution in [-0.4, -0.2) is 35.0 Å². The summed E-state index contributed by atoms with van der Waals surface area (Å²) in [4.78, 5) is 11.4. The summed E-state index contributed by atoms with van der Waals surface area (Å²) in [6, 6.07) is 0. The summed E-state index contributed by atoms with van der Waals surface area (Å²) >= 11 is 0. The molecule has 2 N–H and O–H groups in total. The first-order chi connectivity index (χ1) is 13.1. The number of rotatable bonds is 11. The van der Waals surface area contributed by atoms with Gasteiger partial charge in [0.2, 0.25) is 0 Å². The van der Waals surface area contributed by atoms with Crippen LogP contribution in [0.25, 0.3) is 0 Å². The molecule has 0 heterocycles. The topological polar surface area (TPSA) is 66.8 Å². The zero-order valence-electron chi connectivity index (χ0n) is 17.1. The average Bonchev–Trinajstić information content (AvgIpc) is 3.14.